The molecule has 2 atom stereocenters. The number of nitrogens with zero attached hydrogens (tertiary/aromatic N) is 2. The van der Waals surface area contributed by atoms with Crippen LogP contribution in [0.15, 0.2) is 42.5 Å². The van der Waals surface area contributed by atoms with E-state index in [2.05, 4.69) is 6.07 Å². The van der Waals surface area contributed by atoms with Crippen LogP contribution in [0.1, 0.15) is 22.3 Å². The van der Waals surface area contributed by atoms with Crippen molar-refractivity contribution in [3.8, 4) is 0 Å². The van der Waals surface area contributed by atoms with Gasteiger partial charge in [0.05, 0.1) is 23.6 Å². The molecule has 0 aliphatic carbocycles. The maximum atomic E-state index is 13.3. The summed E-state index contributed by atoms with van der Waals surface area (Å²) >= 11 is 0. The first kappa shape index (κ1) is 18.0. The van der Waals surface area contributed by atoms with Gasteiger partial charge in [0.1, 0.15) is 0 Å². The zero-order chi connectivity index (χ0) is 19.3. The number of hydrogen-bond donors (Lipinski definition) is 0. The van der Waals surface area contributed by atoms with Crippen LogP contribution in [0.5, 0.6) is 0 Å². The number of carbonyl (C=O) groups excluding carboxylic acids is 1. The van der Waals surface area contributed by atoms with Crippen molar-refractivity contribution in [2.24, 2.45) is 0 Å². The summed E-state index contributed by atoms with van der Waals surface area (Å²) in [6.07, 6.45) is 0. The van der Waals surface area contributed by atoms with Gasteiger partial charge in [-0.15, -0.1) is 0 Å². The molecule has 0 saturated carbocycles. The Morgan fingerprint density at radius 3 is 2.26 bits per heavy atom. The minimum absolute atomic E-state index is 0.0284. The van der Waals surface area contributed by atoms with Crippen LogP contribution in [0, 0.1) is 20.8 Å². The Hall–Kier alpha value is -2.34. The van der Waals surface area contributed by atoms with E-state index in [0.717, 1.165) is 27.9 Å². The molecule has 0 aromatic heterocycles. The maximum Gasteiger partial charge on any atom is 0.325 e. The van der Waals surface area contributed by atoms with E-state index in [9.17, 15) is 13.2 Å². The molecule has 0 N–H and O–H groups in total. The van der Waals surface area contributed by atoms with Crippen LogP contribution in [0.2, 0.25) is 0 Å². The van der Waals surface area contributed by atoms with Gasteiger partial charge in [-0.3, -0.25) is 4.90 Å². The SMILES string of the molecule is Cc1ccc(N2C(=O)N(Cc3cc(C)ccc3C)[C@@H]3CS(=O)(=O)C[C@@H]32)cc1. The summed E-state index contributed by atoms with van der Waals surface area (Å²) in [5.74, 6) is 0.0667. The molecule has 2 aliphatic heterocycles. The van der Waals surface area contributed by atoms with Crippen LogP contribution >= 0.6 is 0 Å². The molecule has 2 heterocycles. The molecule has 2 saturated heterocycles. The Kier molecular flexibility index (Phi) is 4.26. The summed E-state index contributed by atoms with van der Waals surface area (Å²) in [7, 11) is -3.16. The lowest BCUT2D eigenvalue weighted by atomic mass is 10.0. The Morgan fingerprint density at radius 1 is 0.926 bits per heavy atom. The van der Waals surface area contributed by atoms with Crippen LogP contribution in [-0.2, 0) is 16.4 Å². The molecule has 0 spiro atoms. The highest BCUT2D eigenvalue weighted by Crippen LogP contribution is 2.36. The van der Waals surface area contributed by atoms with E-state index >= 15 is 0 Å². The molecular formula is C21H24N2O3S. The summed E-state index contributed by atoms with van der Waals surface area (Å²) in [5, 5.41) is 0. The molecule has 5 nitrogen and oxygen atoms in total. The zero-order valence-corrected chi connectivity index (χ0v) is 16.7. The van der Waals surface area contributed by atoms with E-state index in [4.69, 9.17) is 0 Å². The molecule has 0 unspecified atom stereocenters. The molecule has 2 aromatic carbocycles. The largest absolute Gasteiger partial charge is 0.325 e. The van der Waals surface area contributed by atoms with E-state index in [-0.39, 0.29) is 29.6 Å². The third kappa shape index (κ3) is 3.23. The normalized spacial score (nSPS) is 23.7. The Balaban J connectivity index is 1.72. The van der Waals surface area contributed by atoms with Gasteiger partial charge in [-0.2, -0.15) is 0 Å². The van der Waals surface area contributed by atoms with Gasteiger partial charge in [0.25, 0.3) is 0 Å². The average Bonchev–Trinajstić information content (AvgIpc) is 3.03. The Morgan fingerprint density at radius 2 is 1.56 bits per heavy atom. The van der Waals surface area contributed by atoms with Crippen LogP contribution < -0.4 is 4.90 Å². The van der Waals surface area contributed by atoms with E-state index in [1.54, 1.807) is 9.80 Å². The van der Waals surface area contributed by atoms with Gasteiger partial charge in [-0.05, 0) is 44.0 Å². The van der Waals surface area contributed by atoms with Crippen molar-refractivity contribution in [1.29, 1.82) is 0 Å². The van der Waals surface area contributed by atoms with Crippen LogP contribution in [0.3, 0.4) is 0 Å². The molecule has 2 aromatic rings. The van der Waals surface area contributed by atoms with E-state index in [0.29, 0.717) is 6.54 Å². The van der Waals surface area contributed by atoms with Crippen molar-refractivity contribution >= 4 is 21.6 Å². The molecule has 2 fully saturated rings. The highest BCUT2D eigenvalue weighted by molar-refractivity contribution is 7.91. The van der Waals surface area contributed by atoms with Crippen molar-refractivity contribution in [3.63, 3.8) is 0 Å². The Bertz CT molecular complexity index is 999. The quantitative estimate of drug-likeness (QED) is 0.764. The molecule has 2 amide bonds. The molecule has 6 heteroatoms. The zero-order valence-electron chi connectivity index (χ0n) is 15.8. The van der Waals surface area contributed by atoms with Gasteiger partial charge in [-0.1, -0.05) is 41.5 Å². The van der Waals surface area contributed by atoms with Crippen LogP contribution in [0.25, 0.3) is 0 Å². The summed E-state index contributed by atoms with van der Waals surface area (Å²) in [6, 6.07) is 13.1. The topological polar surface area (TPSA) is 57.7 Å². The summed E-state index contributed by atoms with van der Waals surface area (Å²) in [6.45, 7) is 6.47. The van der Waals surface area contributed by atoms with Gasteiger partial charge in [0.15, 0.2) is 9.84 Å². The van der Waals surface area contributed by atoms with Crippen LogP contribution in [0.4, 0.5) is 10.5 Å². The number of benzene rings is 2. The van der Waals surface area contributed by atoms with Crippen molar-refractivity contribution < 1.29 is 13.2 Å². The third-order valence-corrected chi connectivity index (χ3v) is 7.33. The van der Waals surface area contributed by atoms with Crippen molar-refractivity contribution in [3.05, 3.63) is 64.7 Å². The van der Waals surface area contributed by atoms with Gasteiger partial charge in [0.2, 0.25) is 0 Å². The van der Waals surface area contributed by atoms with E-state index in [1.807, 2.05) is 57.2 Å². The number of rotatable bonds is 3. The van der Waals surface area contributed by atoms with Gasteiger partial charge in [0, 0.05) is 12.2 Å². The minimum Gasteiger partial charge on any atom is -0.314 e. The highest BCUT2D eigenvalue weighted by atomic mass is 32.2. The van der Waals surface area contributed by atoms with Crippen LogP contribution in [-0.4, -0.2) is 42.9 Å². The van der Waals surface area contributed by atoms with Gasteiger partial charge < -0.3 is 4.90 Å². The predicted molar refractivity (Wildman–Crippen MR) is 107 cm³/mol. The number of fused-ring (bicyclic) bond motifs is 1. The first-order valence-corrected chi connectivity index (χ1v) is 11.0. The fraction of sp³-hybridized carbons (Fsp3) is 0.381. The number of sulfone groups is 1. The van der Waals surface area contributed by atoms with Gasteiger partial charge in [-0.25, -0.2) is 13.2 Å². The summed E-state index contributed by atoms with van der Waals surface area (Å²) in [4.78, 5) is 16.7. The predicted octanol–water partition coefficient (Wildman–Crippen LogP) is 3.22. The van der Waals surface area contributed by atoms with Crippen molar-refractivity contribution in [2.45, 2.75) is 39.4 Å². The Labute approximate surface area is 160 Å². The fourth-order valence-corrected chi connectivity index (χ4v) is 6.07. The lowest BCUT2D eigenvalue weighted by molar-refractivity contribution is 0.205. The molecule has 4 rings (SSSR count). The molecule has 0 radical (unpaired) electrons. The molecule has 2 aliphatic rings. The second-order valence-electron chi connectivity index (χ2n) is 7.76. The number of anilines is 1. The molecule has 142 valence electrons. The molecular weight excluding hydrogens is 360 g/mol. The number of carbonyl (C=O) groups is 1. The number of urea groups is 1. The maximum absolute atomic E-state index is 13.3. The first-order chi connectivity index (χ1) is 12.7. The monoisotopic (exact) mass is 384 g/mol. The van der Waals surface area contributed by atoms with E-state index < -0.39 is 9.84 Å². The molecule has 27 heavy (non-hydrogen) atoms. The van der Waals surface area contributed by atoms with Crippen molar-refractivity contribution in [1.82, 2.24) is 4.90 Å². The fourth-order valence-electron chi connectivity index (χ4n) is 4.12. The third-order valence-electron chi connectivity index (χ3n) is 5.63. The summed E-state index contributed by atoms with van der Waals surface area (Å²) < 4.78 is 24.7. The minimum atomic E-state index is -3.16. The second kappa shape index (κ2) is 6.37. The number of hydrogen-bond acceptors (Lipinski definition) is 3. The van der Waals surface area contributed by atoms with Gasteiger partial charge >= 0.3 is 6.03 Å². The van der Waals surface area contributed by atoms with Crippen molar-refractivity contribution in [2.75, 3.05) is 16.4 Å². The lowest BCUT2D eigenvalue weighted by Crippen LogP contribution is -2.37. The first-order valence-electron chi connectivity index (χ1n) is 9.18. The highest BCUT2D eigenvalue weighted by Gasteiger charge is 2.53. The second-order valence-corrected chi connectivity index (χ2v) is 9.91. The molecule has 0 bridgehead atoms. The standard InChI is InChI=1S/C21H24N2O3S/c1-14-5-8-18(9-6-14)23-20-13-27(25,26)12-19(20)22(21(23)24)11-17-10-15(2)4-7-16(17)3/h4-10,19-20H,11-13H2,1-3H3/t19-,20+/m1/s1. The number of aryl methyl sites for hydroxylation is 3. The lowest BCUT2D eigenvalue weighted by Gasteiger charge is -2.23. The smallest absolute Gasteiger partial charge is 0.314 e. The number of amides is 2. The van der Waals surface area contributed by atoms with E-state index in [1.165, 1.54) is 0 Å². The average molecular weight is 385 g/mol. The summed E-state index contributed by atoms with van der Waals surface area (Å²) in [5.41, 5.74) is 5.18.